The molecule has 0 radical (unpaired) electrons. The lowest BCUT2D eigenvalue weighted by atomic mass is 9.66. The fraction of sp³-hybridized carbons (Fsp3) is 0.875. The number of hydrogen-bond donors (Lipinski definition) is 0. The number of carbonyl (C=O) groups is 2. The highest BCUT2D eigenvalue weighted by atomic mass is 16.6. The van der Waals surface area contributed by atoms with Crippen LogP contribution in [0.1, 0.15) is 73.1 Å². The van der Waals surface area contributed by atoms with Gasteiger partial charge in [0, 0.05) is 11.3 Å². The molecule has 3 heteroatoms. The Kier molecular flexibility index (Phi) is 5.17. The third kappa shape index (κ3) is 4.63. The van der Waals surface area contributed by atoms with Gasteiger partial charge >= 0.3 is 5.97 Å². The van der Waals surface area contributed by atoms with Crippen molar-refractivity contribution in [2.24, 2.45) is 11.3 Å². The lowest BCUT2D eigenvalue weighted by Crippen LogP contribution is -2.40. The molecule has 1 rings (SSSR count). The summed E-state index contributed by atoms with van der Waals surface area (Å²) >= 11 is 0. The molecule has 0 bridgehead atoms. The Labute approximate surface area is 117 Å². The second-order valence-electron chi connectivity index (χ2n) is 7.12. The van der Waals surface area contributed by atoms with Crippen LogP contribution in [0.2, 0.25) is 0 Å². The lowest BCUT2D eigenvalue weighted by Gasteiger charge is -2.37. The van der Waals surface area contributed by atoms with Crippen LogP contribution in [0.4, 0.5) is 0 Å². The summed E-state index contributed by atoms with van der Waals surface area (Å²) < 4.78 is 5.40. The van der Waals surface area contributed by atoms with Crippen LogP contribution in [0.25, 0.3) is 0 Å². The highest BCUT2D eigenvalue weighted by molar-refractivity contribution is 5.90. The van der Waals surface area contributed by atoms with Gasteiger partial charge in [-0.3, -0.25) is 9.59 Å². The van der Waals surface area contributed by atoms with Gasteiger partial charge in [-0.25, -0.2) is 0 Å². The van der Waals surface area contributed by atoms with Crippen LogP contribution in [0.5, 0.6) is 0 Å². The van der Waals surface area contributed by atoms with E-state index in [1.165, 1.54) is 6.42 Å². The maximum absolute atomic E-state index is 12.5. The zero-order chi connectivity index (χ0) is 14.7. The molecule has 0 aliphatic heterocycles. The first-order valence-electron chi connectivity index (χ1n) is 7.42. The summed E-state index contributed by atoms with van der Waals surface area (Å²) in [5.74, 6) is -0.0120. The summed E-state index contributed by atoms with van der Waals surface area (Å²) in [5, 5.41) is 0. The number of carbonyl (C=O) groups excluding carboxylic acids is 2. The molecule has 0 spiro atoms. The van der Waals surface area contributed by atoms with Gasteiger partial charge in [-0.2, -0.15) is 0 Å². The smallest absolute Gasteiger partial charge is 0.307 e. The van der Waals surface area contributed by atoms with Gasteiger partial charge in [-0.15, -0.1) is 0 Å². The van der Waals surface area contributed by atoms with Gasteiger partial charge in [0.1, 0.15) is 11.4 Å². The number of ketones is 1. The zero-order valence-corrected chi connectivity index (χ0v) is 13.0. The van der Waals surface area contributed by atoms with Crippen LogP contribution in [-0.2, 0) is 14.3 Å². The molecule has 0 amide bonds. The standard InChI is InChI=1S/C16H28O3/c1-12(2)14(18)16(9-7-6-8-10-16)11-13(17)19-15(3,4)5/h12H,6-11H2,1-5H3. The highest BCUT2D eigenvalue weighted by Crippen LogP contribution is 2.42. The van der Waals surface area contributed by atoms with E-state index in [1.807, 2.05) is 34.6 Å². The first-order chi connectivity index (χ1) is 8.66. The zero-order valence-electron chi connectivity index (χ0n) is 13.0. The van der Waals surface area contributed by atoms with Crippen LogP contribution in [0.3, 0.4) is 0 Å². The Bertz CT molecular complexity index is 330. The molecular weight excluding hydrogens is 240 g/mol. The van der Waals surface area contributed by atoms with Gasteiger partial charge in [-0.05, 0) is 33.6 Å². The van der Waals surface area contributed by atoms with Crippen molar-refractivity contribution >= 4 is 11.8 Å². The number of hydrogen-bond acceptors (Lipinski definition) is 3. The predicted molar refractivity (Wildman–Crippen MR) is 75.8 cm³/mol. The molecule has 1 aliphatic carbocycles. The van der Waals surface area contributed by atoms with E-state index in [-0.39, 0.29) is 24.1 Å². The molecule has 0 aromatic carbocycles. The van der Waals surface area contributed by atoms with Crippen molar-refractivity contribution in [1.29, 1.82) is 0 Å². The van der Waals surface area contributed by atoms with E-state index in [4.69, 9.17) is 4.74 Å². The molecule has 1 fully saturated rings. The average molecular weight is 268 g/mol. The highest BCUT2D eigenvalue weighted by Gasteiger charge is 2.42. The van der Waals surface area contributed by atoms with Crippen LogP contribution in [0, 0.1) is 11.3 Å². The SMILES string of the molecule is CC(C)C(=O)C1(CC(=O)OC(C)(C)C)CCCCC1. The van der Waals surface area contributed by atoms with E-state index >= 15 is 0 Å². The number of esters is 1. The summed E-state index contributed by atoms with van der Waals surface area (Å²) in [6.07, 6.45) is 5.18. The Morgan fingerprint density at radius 2 is 1.63 bits per heavy atom. The Hall–Kier alpha value is -0.860. The molecule has 0 N–H and O–H groups in total. The summed E-state index contributed by atoms with van der Waals surface area (Å²) in [6, 6.07) is 0. The van der Waals surface area contributed by atoms with E-state index in [0.717, 1.165) is 25.7 Å². The summed E-state index contributed by atoms with van der Waals surface area (Å²) in [7, 11) is 0. The third-order valence-corrected chi connectivity index (χ3v) is 3.76. The molecule has 0 unspecified atom stereocenters. The van der Waals surface area contributed by atoms with Crippen molar-refractivity contribution < 1.29 is 14.3 Å². The van der Waals surface area contributed by atoms with Crippen LogP contribution in [-0.4, -0.2) is 17.4 Å². The predicted octanol–water partition coefficient (Wildman–Crippen LogP) is 3.89. The normalized spacial score (nSPS) is 19.3. The van der Waals surface area contributed by atoms with Crippen molar-refractivity contribution in [3.8, 4) is 0 Å². The fourth-order valence-corrected chi connectivity index (χ4v) is 3.01. The second kappa shape index (κ2) is 6.06. The van der Waals surface area contributed by atoms with Crippen molar-refractivity contribution in [3.05, 3.63) is 0 Å². The summed E-state index contributed by atoms with van der Waals surface area (Å²) in [4.78, 5) is 24.6. The average Bonchev–Trinajstić information content (AvgIpc) is 2.26. The molecule has 0 atom stereocenters. The van der Waals surface area contributed by atoms with Crippen LogP contribution in [0.15, 0.2) is 0 Å². The van der Waals surface area contributed by atoms with Gasteiger partial charge in [0.05, 0.1) is 6.42 Å². The van der Waals surface area contributed by atoms with E-state index in [0.29, 0.717) is 0 Å². The summed E-state index contributed by atoms with van der Waals surface area (Å²) in [6.45, 7) is 9.44. The largest absolute Gasteiger partial charge is 0.460 e. The molecule has 19 heavy (non-hydrogen) atoms. The Morgan fingerprint density at radius 3 is 2.05 bits per heavy atom. The molecule has 0 heterocycles. The Morgan fingerprint density at radius 1 is 1.11 bits per heavy atom. The Balaban J connectivity index is 2.81. The van der Waals surface area contributed by atoms with Gasteiger partial charge < -0.3 is 4.74 Å². The molecule has 1 aliphatic rings. The van der Waals surface area contributed by atoms with Crippen molar-refractivity contribution in [3.63, 3.8) is 0 Å². The molecule has 110 valence electrons. The number of rotatable bonds is 4. The van der Waals surface area contributed by atoms with Gasteiger partial charge in [-0.1, -0.05) is 33.1 Å². The summed E-state index contributed by atoms with van der Waals surface area (Å²) in [5.41, 5.74) is -0.942. The van der Waals surface area contributed by atoms with E-state index < -0.39 is 11.0 Å². The third-order valence-electron chi connectivity index (χ3n) is 3.76. The van der Waals surface area contributed by atoms with Gasteiger partial charge in [0.25, 0.3) is 0 Å². The van der Waals surface area contributed by atoms with Crippen LogP contribution < -0.4 is 0 Å². The number of Topliss-reactive ketones (excluding diaryl/α,β-unsaturated/α-hetero) is 1. The van der Waals surface area contributed by atoms with Crippen molar-refractivity contribution in [2.75, 3.05) is 0 Å². The van der Waals surface area contributed by atoms with Crippen molar-refractivity contribution in [1.82, 2.24) is 0 Å². The molecule has 0 aromatic heterocycles. The fourth-order valence-electron chi connectivity index (χ4n) is 3.01. The minimum absolute atomic E-state index is 0.0134. The maximum atomic E-state index is 12.5. The molecule has 0 aromatic rings. The van der Waals surface area contributed by atoms with E-state index in [1.54, 1.807) is 0 Å². The number of ether oxygens (including phenoxy) is 1. The molecule has 0 saturated heterocycles. The second-order valence-corrected chi connectivity index (χ2v) is 7.12. The van der Waals surface area contributed by atoms with E-state index in [9.17, 15) is 9.59 Å². The van der Waals surface area contributed by atoms with Gasteiger partial charge in [0.15, 0.2) is 0 Å². The quantitative estimate of drug-likeness (QED) is 0.726. The maximum Gasteiger partial charge on any atom is 0.307 e. The minimum atomic E-state index is -0.478. The first kappa shape index (κ1) is 16.2. The molecule has 1 saturated carbocycles. The molecule has 3 nitrogen and oxygen atoms in total. The first-order valence-corrected chi connectivity index (χ1v) is 7.42. The minimum Gasteiger partial charge on any atom is -0.460 e. The monoisotopic (exact) mass is 268 g/mol. The van der Waals surface area contributed by atoms with Crippen LogP contribution >= 0.6 is 0 Å². The van der Waals surface area contributed by atoms with E-state index in [2.05, 4.69) is 0 Å². The van der Waals surface area contributed by atoms with Crippen molar-refractivity contribution in [2.45, 2.75) is 78.7 Å². The topological polar surface area (TPSA) is 43.4 Å². The van der Waals surface area contributed by atoms with Gasteiger partial charge in [0.2, 0.25) is 0 Å². The lowest BCUT2D eigenvalue weighted by molar-refractivity contribution is -0.161. The molecular formula is C16H28O3.